The van der Waals surface area contributed by atoms with Crippen LogP contribution in [-0.2, 0) is 17.8 Å². The van der Waals surface area contributed by atoms with Crippen molar-refractivity contribution >= 4 is 23.7 Å². The standard InChI is InChI=1S/C19H21N3O2S.ClH/c1-24-10-9-22(14-17-8-5-11-25-17)13-16-12-18(23)21-19(20-16)15-6-3-2-4-7-15;/h2-8,11-12H,9-10,13-14H2,1H3,(H,20,21,23);1H. The topological polar surface area (TPSA) is 58.2 Å². The van der Waals surface area contributed by atoms with Crippen LogP contribution >= 0.6 is 23.7 Å². The number of nitrogens with one attached hydrogen (secondary N) is 1. The molecule has 0 atom stereocenters. The molecule has 3 aromatic rings. The third kappa shape index (κ3) is 5.78. The van der Waals surface area contributed by atoms with Gasteiger partial charge in [-0.25, -0.2) is 4.98 Å². The van der Waals surface area contributed by atoms with Gasteiger partial charge in [0.05, 0.1) is 12.3 Å². The second-order valence-corrected chi connectivity index (χ2v) is 6.77. The molecule has 0 unspecified atom stereocenters. The molecule has 0 radical (unpaired) electrons. The molecule has 0 aliphatic rings. The quantitative estimate of drug-likeness (QED) is 0.637. The lowest BCUT2D eigenvalue weighted by molar-refractivity contribution is 0.140. The Morgan fingerprint density at radius 2 is 1.96 bits per heavy atom. The highest BCUT2D eigenvalue weighted by atomic mass is 35.5. The minimum Gasteiger partial charge on any atom is -0.383 e. The van der Waals surface area contributed by atoms with Gasteiger partial charge >= 0.3 is 0 Å². The average molecular weight is 392 g/mol. The van der Waals surface area contributed by atoms with Crippen molar-refractivity contribution in [1.29, 1.82) is 0 Å². The van der Waals surface area contributed by atoms with Gasteiger partial charge in [0.25, 0.3) is 5.56 Å². The van der Waals surface area contributed by atoms with Gasteiger partial charge in [0, 0.05) is 43.3 Å². The average Bonchev–Trinajstić information content (AvgIpc) is 3.13. The minimum atomic E-state index is -0.133. The Hall–Kier alpha value is -1.99. The van der Waals surface area contributed by atoms with E-state index in [-0.39, 0.29) is 18.0 Å². The van der Waals surface area contributed by atoms with E-state index in [1.807, 2.05) is 36.4 Å². The molecule has 0 saturated carbocycles. The number of nitrogens with zero attached hydrogens (tertiary/aromatic N) is 2. The van der Waals surface area contributed by atoms with Gasteiger partial charge in [0.15, 0.2) is 0 Å². The molecule has 138 valence electrons. The van der Waals surface area contributed by atoms with Crippen LogP contribution in [0.15, 0.2) is 58.7 Å². The Balaban J connectivity index is 0.00000243. The van der Waals surface area contributed by atoms with Crippen molar-refractivity contribution in [1.82, 2.24) is 14.9 Å². The molecule has 2 aromatic heterocycles. The number of ether oxygens (including phenoxy) is 1. The van der Waals surface area contributed by atoms with Crippen LogP contribution in [0.25, 0.3) is 11.4 Å². The van der Waals surface area contributed by atoms with Crippen molar-refractivity contribution < 1.29 is 4.74 Å². The van der Waals surface area contributed by atoms with Crippen molar-refractivity contribution in [2.75, 3.05) is 20.3 Å². The summed E-state index contributed by atoms with van der Waals surface area (Å²) < 4.78 is 5.22. The maximum Gasteiger partial charge on any atom is 0.251 e. The zero-order valence-electron chi connectivity index (χ0n) is 14.6. The molecule has 7 heteroatoms. The van der Waals surface area contributed by atoms with Crippen LogP contribution in [0.2, 0.25) is 0 Å². The fraction of sp³-hybridized carbons (Fsp3) is 0.263. The fourth-order valence-corrected chi connectivity index (χ4v) is 3.35. The Kier molecular flexibility index (Phi) is 8.00. The summed E-state index contributed by atoms with van der Waals surface area (Å²) in [6, 6.07) is 15.4. The molecule has 3 rings (SSSR count). The largest absolute Gasteiger partial charge is 0.383 e. The summed E-state index contributed by atoms with van der Waals surface area (Å²) in [6.07, 6.45) is 0. The number of thiophene rings is 1. The van der Waals surface area contributed by atoms with Gasteiger partial charge < -0.3 is 9.72 Å². The summed E-state index contributed by atoms with van der Waals surface area (Å²) in [6.45, 7) is 2.84. The molecule has 0 saturated heterocycles. The van der Waals surface area contributed by atoms with E-state index in [0.717, 1.165) is 24.3 Å². The van der Waals surface area contributed by atoms with Crippen molar-refractivity contribution in [3.05, 3.63) is 74.8 Å². The first-order valence-corrected chi connectivity index (χ1v) is 9.02. The van der Waals surface area contributed by atoms with Crippen LogP contribution in [0.4, 0.5) is 0 Å². The molecule has 2 heterocycles. The summed E-state index contributed by atoms with van der Waals surface area (Å²) in [4.78, 5) is 23.0. The summed E-state index contributed by atoms with van der Waals surface area (Å²) in [5.41, 5.74) is 1.53. The molecule has 0 aliphatic heterocycles. The number of methoxy groups -OCH3 is 1. The molecule has 0 amide bonds. The number of aromatic nitrogens is 2. The molecular formula is C19H22ClN3O2S. The highest BCUT2D eigenvalue weighted by Gasteiger charge is 2.11. The third-order valence-corrected chi connectivity index (χ3v) is 4.66. The number of benzene rings is 1. The number of rotatable bonds is 8. The monoisotopic (exact) mass is 391 g/mol. The summed E-state index contributed by atoms with van der Waals surface area (Å²) >= 11 is 1.73. The molecule has 0 aliphatic carbocycles. The number of aromatic amines is 1. The number of H-pyrrole nitrogens is 1. The van der Waals surface area contributed by atoms with Gasteiger partial charge in [-0.05, 0) is 11.4 Å². The lowest BCUT2D eigenvalue weighted by Gasteiger charge is -2.21. The first-order chi connectivity index (χ1) is 12.2. The SMILES string of the molecule is COCCN(Cc1cc(=O)[nH]c(-c2ccccc2)n1)Cc1cccs1.Cl. The molecule has 26 heavy (non-hydrogen) atoms. The first-order valence-electron chi connectivity index (χ1n) is 8.14. The fourth-order valence-electron chi connectivity index (χ4n) is 2.61. The smallest absolute Gasteiger partial charge is 0.251 e. The Morgan fingerprint density at radius 1 is 1.15 bits per heavy atom. The van der Waals surface area contributed by atoms with E-state index in [2.05, 4.69) is 26.3 Å². The van der Waals surface area contributed by atoms with Crippen molar-refractivity contribution in [3.63, 3.8) is 0 Å². The molecule has 1 N–H and O–H groups in total. The summed E-state index contributed by atoms with van der Waals surface area (Å²) in [5, 5.41) is 2.07. The predicted octanol–water partition coefficient (Wildman–Crippen LogP) is 3.57. The van der Waals surface area contributed by atoms with Gasteiger partial charge in [0.2, 0.25) is 0 Å². The molecule has 5 nitrogen and oxygen atoms in total. The molecule has 0 bridgehead atoms. The van der Waals surface area contributed by atoms with Gasteiger partial charge in [-0.2, -0.15) is 0 Å². The summed E-state index contributed by atoms with van der Waals surface area (Å²) in [7, 11) is 1.70. The van der Waals surface area contributed by atoms with E-state index in [9.17, 15) is 4.79 Å². The van der Waals surface area contributed by atoms with Crippen LogP contribution in [0.3, 0.4) is 0 Å². The third-order valence-electron chi connectivity index (χ3n) is 3.80. The van der Waals surface area contributed by atoms with Crippen LogP contribution in [-0.4, -0.2) is 35.1 Å². The maximum absolute atomic E-state index is 12.1. The van der Waals surface area contributed by atoms with Gasteiger partial charge in [-0.1, -0.05) is 36.4 Å². The molecule has 0 fully saturated rings. The number of hydrogen-bond donors (Lipinski definition) is 1. The highest BCUT2D eigenvalue weighted by Crippen LogP contribution is 2.16. The molecular weight excluding hydrogens is 370 g/mol. The van der Waals surface area contributed by atoms with E-state index in [0.29, 0.717) is 19.0 Å². The van der Waals surface area contributed by atoms with Crippen molar-refractivity contribution in [3.8, 4) is 11.4 Å². The van der Waals surface area contributed by atoms with Crippen LogP contribution < -0.4 is 5.56 Å². The Labute approximate surface area is 163 Å². The van der Waals surface area contributed by atoms with Gasteiger partial charge in [-0.15, -0.1) is 23.7 Å². The van der Waals surface area contributed by atoms with Gasteiger partial charge in [-0.3, -0.25) is 9.69 Å². The first kappa shape index (κ1) is 20.3. The number of halogens is 1. The Bertz CT molecular complexity index is 838. The van der Waals surface area contributed by atoms with Crippen molar-refractivity contribution in [2.45, 2.75) is 13.1 Å². The summed E-state index contributed by atoms with van der Waals surface area (Å²) in [5.74, 6) is 0.603. The van der Waals surface area contributed by atoms with E-state index in [1.54, 1.807) is 24.5 Å². The number of hydrogen-bond acceptors (Lipinski definition) is 5. The zero-order chi connectivity index (χ0) is 17.5. The second-order valence-electron chi connectivity index (χ2n) is 5.73. The van der Waals surface area contributed by atoms with E-state index < -0.39 is 0 Å². The van der Waals surface area contributed by atoms with Crippen LogP contribution in [0.5, 0.6) is 0 Å². The second kappa shape index (κ2) is 10.2. The van der Waals surface area contributed by atoms with Crippen LogP contribution in [0.1, 0.15) is 10.6 Å². The predicted molar refractivity (Wildman–Crippen MR) is 108 cm³/mol. The van der Waals surface area contributed by atoms with Crippen LogP contribution in [0, 0.1) is 0 Å². The van der Waals surface area contributed by atoms with Gasteiger partial charge in [0.1, 0.15) is 5.82 Å². The maximum atomic E-state index is 12.1. The molecule has 1 aromatic carbocycles. The minimum absolute atomic E-state index is 0. The Morgan fingerprint density at radius 3 is 2.65 bits per heavy atom. The van der Waals surface area contributed by atoms with E-state index in [4.69, 9.17) is 4.74 Å². The van der Waals surface area contributed by atoms with Crippen molar-refractivity contribution in [2.24, 2.45) is 0 Å². The normalized spacial score (nSPS) is 10.7. The zero-order valence-corrected chi connectivity index (χ0v) is 16.2. The lowest BCUT2D eigenvalue weighted by atomic mass is 10.2. The lowest BCUT2D eigenvalue weighted by Crippen LogP contribution is -2.27. The highest BCUT2D eigenvalue weighted by molar-refractivity contribution is 7.09. The van der Waals surface area contributed by atoms with E-state index in [1.165, 1.54) is 4.88 Å². The van der Waals surface area contributed by atoms with E-state index >= 15 is 0 Å². The molecule has 0 spiro atoms.